The number of nitrogens with one attached hydrogen (secondary N) is 1. The quantitative estimate of drug-likeness (QED) is 0.701. The topological polar surface area (TPSA) is 49.9 Å². The Bertz CT molecular complexity index is 321. The van der Waals surface area contributed by atoms with Crippen molar-refractivity contribution in [3.63, 3.8) is 0 Å². The molecule has 1 aromatic carbocycles. The van der Waals surface area contributed by atoms with Gasteiger partial charge in [-0.25, -0.2) is 0 Å². The van der Waals surface area contributed by atoms with Crippen molar-refractivity contribution in [2.45, 2.75) is 19.8 Å². The second-order valence-electron chi connectivity index (χ2n) is 3.40. The predicted octanol–water partition coefficient (Wildman–Crippen LogP) is 2.50. The maximum Gasteiger partial charge on any atom is 0.0334 e. The first-order valence-corrected chi connectivity index (χ1v) is 4.73. The van der Waals surface area contributed by atoms with Crippen LogP contribution in [0.4, 0.5) is 0 Å². The number of nitrogens with two attached hydrogens (primary N) is 1. The van der Waals surface area contributed by atoms with E-state index in [1.807, 2.05) is 18.2 Å². The molecule has 0 aliphatic rings. The standard InChI is InChI=1S/C12H16N2/c1-10(13)9-12(14)8-7-11-5-3-2-4-6-11/h2-6,9,14H,7-8,13H2,1H3/b10-9-,14-12?. The Morgan fingerprint density at radius 2 is 2.00 bits per heavy atom. The Balaban J connectivity index is 2.42. The van der Waals surface area contributed by atoms with Gasteiger partial charge in [-0.1, -0.05) is 30.3 Å². The van der Waals surface area contributed by atoms with E-state index in [1.54, 1.807) is 13.0 Å². The lowest BCUT2D eigenvalue weighted by Crippen LogP contribution is -2.00. The fourth-order valence-electron chi connectivity index (χ4n) is 1.27. The van der Waals surface area contributed by atoms with Gasteiger partial charge in [-0.2, -0.15) is 0 Å². The molecule has 0 atom stereocenters. The molecule has 2 heteroatoms. The number of aryl methyl sites for hydroxylation is 1. The van der Waals surface area contributed by atoms with Gasteiger partial charge in [0, 0.05) is 11.4 Å². The summed E-state index contributed by atoms with van der Waals surface area (Å²) in [5.74, 6) is 0. The molecule has 0 aliphatic carbocycles. The van der Waals surface area contributed by atoms with E-state index < -0.39 is 0 Å². The number of hydrogen-bond acceptors (Lipinski definition) is 2. The fourth-order valence-corrected chi connectivity index (χ4v) is 1.27. The molecule has 0 saturated heterocycles. The summed E-state index contributed by atoms with van der Waals surface area (Å²) in [5, 5.41) is 7.61. The molecule has 14 heavy (non-hydrogen) atoms. The van der Waals surface area contributed by atoms with Gasteiger partial charge in [-0.15, -0.1) is 0 Å². The van der Waals surface area contributed by atoms with Gasteiger partial charge < -0.3 is 11.1 Å². The zero-order valence-electron chi connectivity index (χ0n) is 8.46. The van der Waals surface area contributed by atoms with Crippen LogP contribution in [0.5, 0.6) is 0 Å². The van der Waals surface area contributed by atoms with Gasteiger partial charge in [0.1, 0.15) is 0 Å². The summed E-state index contributed by atoms with van der Waals surface area (Å²) in [6.07, 6.45) is 3.37. The molecule has 0 fully saturated rings. The smallest absolute Gasteiger partial charge is 0.0334 e. The normalized spacial score (nSPS) is 11.4. The average molecular weight is 188 g/mol. The van der Waals surface area contributed by atoms with Crippen LogP contribution in [0.25, 0.3) is 0 Å². The van der Waals surface area contributed by atoms with E-state index in [1.165, 1.54) is 5.56 Å². The highest BCUT2D eigenvalue weighted by molar-refractivity contribution is 5.92. The molecule has 2 nitrogen and oxygen atoms in total. The Morgan fingerprint density at radius 3 is 2.57 bits per heavy atom. The average Bonchev–Trinajstić information content (AvgIpc) is 2.15. The van der Waals surface area contributed by atoms with Crippen molar-refractivity contribution >= 4 is 5.71 Å². The molecule has 3 N–H and O–H groups in total. The van der Waals surface area contributed by atoms with E-state index >= 15 is 0 Å². The minimum Gasteiger partial charge on any atom is -0.402 e. The van der Waals surface area contributed by atoms with Crippen molar-refractivity contribution in [3.8, 4) is 0 Å². The molecule has 0 bridgehead atoms. The maximum absolute atomic E-state index is 7.61. The molecule has 0 amide bonds. The van der Waals surface area contributed by atoms with Gasteiger partial charge in [0.25, 0.3) is 0 Å². The van der Waals surface area contributed by atoms with Crippen LogP contribution in [0.3, 0.4) is 0 Å². The minimum absolute atomic E-state index is 0.592. The first kappa shape index (κ1) is 10.5. The Labute approximate surface area is 85.0 Å². The SMILES string of the molecule is C/C(N)=C/C(=N)CCc1ccccc1. The lowest BCUT2D eigenvalue weighted by atomic mass is 10.1. The van der Waals surface area contributed by atoms with Crippen LogP contribution in [-0.2, 0) is 6.42 Å². The molecule has 1 aromatic rings. The molecule has 0 saturated carbocycles. The highest BCUT2D eigenvalue weighted by Gasteiger charge is 1.95. The summed E-state index contributed by atoms with van der Waals surface area (Å²) in [5.41, 5.74) is 8.04. The zero-order chi connectivity index (χ0) is 10.4. The van der Waals surface area contributed by atoms with Crippen LogP contribution in [0.2, 0.25) is 0 Å². The van der Waals surface area contributed by atoms with Crippen LogP contribution < -0.4 is 5.73 Å². The molecule has 74 valence electrons. The molecule has 0 heterocycles. The van der Waals surface area contributed by atoms with E-state index in [9.17, 15) is 0 Å². The Kier molecular flexibility index (Phi) is 3.92. The van der Waals surface area contributed by atoms with Crippen LogP contribution in [0, 0.1) is 5.41 Å². The summed E-state index contributed by atoms with van der Waals surface area (Å²) in [6, 6.07) is 10.2. The van der Waals surface area contributed by atoms with Crippen molar-refractivity contribution in [3.05, 3.63) is 47.7 Å². The minimum atomic E-state index is 0.592. The van der Waals surface area contributed by atoms with Gasteiger partial charge in [-0.3, -0.25) is 0 Å². The van der Waals surface area contributed by atoms with E-state index in [2.05, 4.69) is 12.1 Å². The second kappa shape index (κ2) is 5.22. The molecule has 0 aliphatic heterocycles. The molecule has 1 rings (SSSR count). The van der Waals surface area contributed by atoms with Crippen molar-refractivity contribution in [2.75, 3.05) is 0 Å². The van der Waals surface area contributed by atoms with Crippen LogP contribution in [0.15, 0.2) is 42.1 Å². The zero-order valence-corrected chi connectivity index (χ0v) is 8.46. The Hall–Kier alpha value is -1.57. The van der Waals surface area contributed by atoms with E-state index in [0.29, 0.717) is 11.4 Å². The second-order valence-corrected chi connectivity index (χ2v) is 3.40. The fraction of sp³-hybridized carbons (Fsp3) is 0.250. The first-order valence-electron chi connectivity index (χ1n) is 4.73. The van der Waals surface area contributed by atoms with Gasteiger partial charge in [0.2, 0.25) is 0 Å². The molecule has 0 aromatic heterocycles. The van der Waals surface area contributed by atoms with Crippen molar-refractivity contribution in [1.29, 1.82) is 5.41 Å². The Morgan fingerprint density at radius 1 is 1.36 bits per heavy atom. The summed E-state index contributed by atoms with van der Waals surface area (Å²) in [6.45, 7) is 1.80. The number of rotatable bonds is 4. The monoisotopic (exact) mass is 188 g/mol. The first-order chi connectivity index (χ1) is 6.68. The van der Waals surface area contributed by atoms with Crippen molar-refractivity contribution in [1.82, 2.24) is 0 Å². The third-order valence-corrected chi connectivity index (χ3v) is 1.93. The lowest BCUT2D eigenvalue weighted by Gasteiger charge is -2.00. The maximum atomic E-state index is 7.61. The third kappa shape index (κ3) is 3.90. The highest BCUT2D eigenvalue weighted by Crippen LogP contribution is 2.03. The van der Waals surface area contributed by atoms with E-state index in [0.717, 1.165) is 12.8 Å². The van der Waals surface area contributed by atoms with Crippen molar-refractivity contribution < 1.29 is 0 Å². The number of hydrogen-bond donors (Lipinski definition) is 2. The van der Waals surface area contributed by atoms with Crippen LogP contribution in [-0.4, -0.2) is 5.71 Å². The summed E-state index contributed by atoms with van der Waals surface area (Å²) < 4.78 is 0. The molecule has 0 radical (unpaired) electrons. The van der Waals surface area contributed by atoms with Gasteiger partial charge in [0.05, 0.1) is 0 Å². The number of benzene rings is 1. The predicted molar refractivity (Wildman–Crippen MR) is 60.4 cm³/mol. The van der Waals surface area contributed by atoms with E-state index in [4.69, 9.17) is 11.1 Å². The van der Waals surface area contributed by atoms with Crippen LogP contribution >= 0.6 is 0 Å². The highest BCUT2D eigenvalue weighted by atomic mass is 14.6. The lowest BCUT2D eigenvalue weighted by molar-refractivity contribution is 1.03. The summed E-state index contributed by atoms with van der Waals surface area (Å²) in [4.78, 5) is 0. The molecular formula is C12H16N2. The summed E-state index contributed by atoms with van der Waals surface area (Å²) >= 11 is 0. The van der Waals surface area contributed by atoms with Crippen molar-refractivity contribution in [2.24, 2.45) is 5.73 Å². The largest absolute Gasteiger partial charge is 0.402 e. The van der Waals surface area contributed by atoms with Crippen LogP contribution in [0.1, 0.15) is 18.9 Å². The van der Waals surface area contributed by atoms with Gasteiger partial charge in [0.15, 0.2) is 0 Å². The molecule has 0 unspecified atom stereocenters. The van der Waals surface area contributed by atoms with Gasteiger partial charge >= 0.3 is 0 Å². The molecular weight excluding hydrogens is 172 g/mol. The van der Waals surface area contributed by atoms with E-state index in [-0.39, 0.29) is 0 Å². The molecule has 0 spiro atoms. The number of allylic oxidation sites excluding steroid dienone is 2. The third-order valence-electron chi connectivity index (χ3n) is 1.93. The van der Waals surface area contributed by atoms with Gasteiger partial charge in [-0.05, 0) is 31.4 Å². The summed E-state index contributed by atoms with van der Waals surface area (Å²) in [7, 11) is 0.